The number of hydrogen-bond acceptors (Lipinski definition) is 2. The van der Waals surface area contributed by atoms with E-state index in [1.807, 2.05) is 0 Å². The monoisotopic (exact) mass is 252 g/mol. The number of carbonyl (C=O) groups excluding carboxylic acids is 1. The normalized spacial score (nSPS) is 29.4. The van der Waals surface area contributed by atoms with Crippen LogP contribution in [0.3, 0.4) is 0 Å². The van der Waals surface area contributed by atoms with Gasteiger partial charge in [-0.2, -0.15) is 0 Å². The van der Waals surface area contributed by atoms with Gasteiger partial charge < -0.3 is 10.2 Å². The molecule has 2 aliphatic rings. The van der Waals surface area contributed by atoms with Gasteiger partial charge in [-0.1, -0.05) is 13.8 Å². The van der Waals surface area contributed by atoms with Crippen molar-refractivity contribution in [1.29, 1.82) is 0 Å². The topological polar surface area (TPSA) is 32.3 Å². The van der Waals surface area contributed by atoms with E-state index >= 15 is 0 Å². The Bertz CT molecular complexity index is 293. The summed E-state index contributed by atoms with van der Waals surface area (Å²) in [5, 5.41) is 2.74. The molecule has 104 valence electrons. The standard InChI is InChI=1S/C15H28N2O/c1-15(2)7-4-13(11-15)17-8-5-12(6-9-17)10-14(18)16-3/h12-13H,4-11H2,1-3H3,(H,16,18). The Morgan fingerprint density at radius 2 is 1.94 bits per heavy atom. The second kappa shape index (κ2) is 5.60. The summed E-state index contributed by atoms with van der Waals surface area (Å²) in [4.78, 5) is 14.1. The Labute approximate surface area is 111 Å². The summed E-state index contributed by atoms with van der Waals surface area (Å²) < 4.78 is 0. The molecule has 1 amide bonds. The molecule has 3 nitrogen and oxygen atoms in total. The van der Waals surface area contributed by atoms with E-state index in [2.05, 4.69) is 24.1 Å². The fourth-order valence-electron chi connectivity index (χ4n) is 3.60. The van der Waals surface area contributed by atoms with Crippen molar-refractivity contribution in [2.24, 2.45) is 11.3 Å². The minimum absolute atomic E-state index is 0.204. The SMILES string of the molecule is CNC(=O)CC1CCN(C2CCC(C)(C)C2)CC1. The molecule has 1 aliphatic carbocycles. The quantitative estimate of drug-likeness (QED) is 0.836. The molecule has 1 N–H and O–H groups in total. The van der Waals surface area contributed by atoms with Crippen LogP contribution in [-0.2, 0) is 4.79 Å². The van der Waals surface area contributed by atoms with Crippen LogP contribution in [-0.4, -0.2) is 37.0 Å². The van der Waals surface area contributed by atoms with E-state index in [1.54, 1.807) is 7.05 Å². The Balaban J connectivity index is 1.75. The zero-order valence-electron chi connectivity index (χ0n) is 12.2. The zero-order chi connectivity index (χ0) is 13.2. The highest BCUT2D eigenvalue weighted by molar-refractivity contribution is 5.75. The first-order valence-corrected chi connectivity index (χ1v) is 7.45. The van der Waals surface area contributed by atoms with E-state index in [0.29, 0.717) is 11.3 Å². The highest BCUT2D eigenvalue weighted by Gasteiger charge is 2.35. The van der Waals surface area contributed by atoms with Crippen LogP contribution in [0.1, 0.15) is 52.4 Å². The van der Waals surface area contributed by atoms with Crippen LogP contribution in [0.2, 0.25) is 0 Å². The molecule has 3 heteroatoms. The minimum atomic E-state index is 0.204. The molecule has 18 heavy (non-hydrogen) atoms. The highest BCUT2D eigenvalue weighted by atomic mass is 16.1. The third kappa shape index (κ3) is 3.47. The smallest absolute Gasteiger partial charge is 0.220 e. The summed E-state index contributed by atoms with van der Waals surface area (Å²) in [6, 6.07) is 0.806. The first-order valence-electron chi connectivity index (χ1n) is 7.45. The maximum absolute atomic E-state index is 11.4. The maximum atomic E-state index is 11.4. The first-order chi connectivity index (χ1) is 8.50. The van der Waals surface area contributed by atoms with Crippen molar-refractivity contribution in [1.82, 2.24) is 10.2 Å². The fraction of sp³-hybridized carbons (Fsp3) is 0.933. The average molecular weight is 252 g/mol. The van der Waals surface area contributed by atoms with Crippen molar-refractivity contribution in [3.63, 3.8) is 0 Å². The number of carbonyl (C=O) groups is 1. The molecule has 0 aromatic rings. The van der Waals surface area contributed by atoms with Gasteiger partial charge in [0.25, 0.3) is 0 Å². The molecule has 1 saturated heterocycles. The van der Waals surface area contributed by atoms with Gasteiger partial charge in [0, 0.05) is 19.5 Å². The predicted molar refractivity (Wildman–Crippen MR) is 74.4 cm³/mol. The number of nitrogens with zero attached hydrogens (tertiary/aromatic N) is 1. The van der Waals surface area contributed by atoms with Gasteiger partial charge in [-0.25, -0.2) is 0 Å². The molecule has 0 bridgehead atoms. The molecule has 1 aliphatic heterocycles. The van der Waals surface area contributed by atoms with Gasteiger partial charge in [-0.05, 0) is 56.5 Å². The van der Waals surface area contributed by atoms with Gasteiger partial charge in [0.2, 0.25) is 5.91 Å². The number of piperidine rings is 1. The van der Waals surface area contributed by atoms with E-state index in [0.717, 1.165) is 12.5 Å². The van der Waals surface area contributed by atoms with Crippen molar-refractivity contribution in [3.05, 3.63) is 0 Å². The molecule has 0 radical (unpaired) electrons. The summed E-state index contributed by atoms with van der Waals surface area (Å²) in [6.45, 7) is 7.18. The summed E-state index contributed by atoms with van der Waals surface area (Å²) in [5.74, 6) is 0.811. The Kier molecular flexibility index (Phi) is 4.31. The summed E-state index contributed by atoms with van der Waals surface area (Å²) in [7, 11) is 1.73. The van der Waals surface area contributed by atoms with Gasteiger partial charge in [0.15, 0.2) is 0 Å². The van der Waals surface area contributed by atoms with Crippen molar-refractivity contribution in [3.8, 4) is 0 Å². The lowest BCUT2D eigenvalue weighted by molar-refractivity contribution is -0.121. The van der Waals surface area contributed by atoms with Crippen LogP contribution < -0.4 is 5.32 Å². The highest BCUT2D eigenvalue weighted by Crippen LogP contribution is 2.40. The summed E-state index contributed by atoms with van der Waals surface area (Å²) in [5.41, 5.74) is 0.545. The third-order valence-corrected chi connectivity index (χ3v) is 4.86. The summed E-state index contributed by atoms with van der Waals surface area (Å²) >= 11 is 0. The van der Waals surface area contributed by atoms with E-state index in [4.69, 9.17) is 0 Å². The van der Waals surface area contributed by atoms with Gasteiger partial charge in [0.1, 0.15) is 0 Å². The molecule has 0 aromatic heterocycles. The molecule has 2 rings (SSSR count). The van der Waals surface area contributed by atoms with Crippen molar-refractivity contribution in [2.45, 2.75) is 58.4 Å². The van der Waals surface area contributed by atoms with Gasteiger partial charge in [-0.15, -0.1) is 0 Å². The van der Waals surface area contributed by atoms with Crippen molar-refractivity contribution < 1.29 is 4.79 Å². The number of likely N-dealkylation sites (tertiary alicyclic amines) is 1. The number of rotatable bonds is 3. The average Bonchev–Trinajstić information content (AvgIpc) is 2.70. The maximum Gasteiger partial charge on any atom is 0.220 e. The lowest BCUT2D eigenvalue weighted by Crippen LogP contribution is -2.41. The second-order valence-corrected chi connectivity index (χ2v) is 6.92. The predicted octanol–water partition coefficient (Wildman–Crippen LogP) is 2.41. The number of hydrogen-bond donors (Lipinski definition) is 1. The lowest BCUT2D eigenvalue weighted by atomic mass is 9.90. The fourth-order valence-corrected chi connectivity index (χ4v) is 3.60. The van der Waals surface area contributed by atoms with Gasteiger partial charge >= 0.3 is 0 Å². The van der Waals surface area contributed by atoms with Crippen LogP contribution in [0.15, 0.2) is 0 Å². The molecule has 2 fully saturated rings. The minimum Gasteiger partial charge on any atom is -0.359 e. The van der Waals surface area contributed by atoms with Crippen LogP contribution in [0, 0.1) is 11.3 Å². The van der Waals surface area contributed by atoms with Crippen LogP contribution >= 0.6 is 0 Å². The third-order valence-electron chi connectivity index (χ3n) is 4.86. The van der Waals surface area contributed by atoms with E-state index in [9.17, 15) is 4.79 Å². The molecular formula is C15H28N2O. The second-order valence-electron chi connectivity index (χ2n) is 6.92. The Morgan fingerprint density at radius 3 is 2.44 bits per heavy atom. The van der Waals surface area contributed by atoms with Crippen LogP contribution in [0.5, 0.6) is 0 Å². The lowest BCUT2D eigenvalue weighted by Gasteiger charge is -2.36. The van der Waals surface area contributed by atoms with Crippen LogP contribution in [0.4, 0.5) is 0 Å². The molecule has 1 unspecified atom stereocenters. The zero-order valence-corrected chi connectivity index (χ0v) is 12.2. The summed E-state index contributed by atoms with van der Waals surface area (Å²) in [6.07, 6.45) is 7.21. The van der Waals surface area contributed by atoms with E-state index < -0.39 is 0 Å². The van der Waals surface area contributed by atoms with Crippen molar-refractivity contribution >= 4 is 5.91 Å². The first kappa shape index (κ1) is 13.9. The van der Waals surface area contributed by atoms with Gasteiger partial charge in [0.05, 0.1) is 0 Å². The van der Waals surface area contributed by atoms with Crippen LogP contribution in [0.25, 0.3) is 0 Å². The molecule has 0 aromatic carbocycles. The molecule has 1 heterocycles. The van der Waals surface area contributed by atoms with E-state index in [-0.39, 0.29) is 5.91 Å². The van der Waals surface area contributed by atoms with Crippen molar-refractivity contribution in [2.75, 3.05) is 20.1 Å². The van der Waals surface area contributed by atoms with Gasteiger partial charge in [-0.3, -0.25) is 4.79 Å². The number of nitrogens with one attached hydrogen (secondary N) is 1. The molecule has 1 atom stereocenters. The molecular weight excluding hydrogens is 224 g/mol. The Morgan fingerprint density at radius 1 is 1.28 bits per heavy atom. The number of amides is 1. The largest absolute Gasteiger partial charge is 0.359 e. The Hall–Kier alpha value is -0.570. The van der Waals surface area contributed by atoms with E-state index in [1.165, 1.54) is 45.2 Å². The molecule has 0 spiro atoms. The molecule has 1 saturated carbocycles.